The van der Waals surface area contributed by atoms with Gasteiger partial charge in [-0.15, -0.1) is 0 Å². The third kappa shape index (κ3) is 3.87. The molecule has 0 aromatic carbocycles. The van der Waals surface area contributed by atoms with E-state index in [2.05, 4.69) is 25.3 Å². The molecule has 0 bridgehead atoms. The summed E-state index contributed by atoms with van der Waals surface area (Å²) in [6, 6.07) is 3.54. The number of methoxy groups -OCH3 is 1. The number of hydrogen-bond donors (Lipinski definition) is 1. The summed E-state index contributed by atoms with van der Waals surface area (Å²) in [5, 5.41) is 6.55. The van der Waals surface area contributed by atoms with E-state index >= 15 is 0 Å². The number of carbonyl (C=O) groups excluding carboxylic acids is 1. The van der Waals surface area contributed by atoms with Crippen molar-refractivity contribution < 1.29 is 14.1 Å². The zero-order chi connectivity index (χ0) is 17.8. The van der Waals surface area contributed by atoms with Crippen LogP contribution in [0.3, 0.4) is 0 Å². The Morgan fingerprint density at radius 2 is 2.32 bits per heavy atom. The van der Waals surface area contributed by atoms with Gasteiger partial charge in [0.15, 0.2) is 5.69 Å². The average Bonchev–Trinajstić information content (AvgIpc) is 3.29. The van der Waals surface area contributed by atoms with Crippen LogP contribution in [0, 0.1) is 0 Å². The van der Waals surface area contributed by atoms with Gasteiger partial charge in [-0.3, -0.25) is 4.79 Å². The van der Waals surface area contributed by atoms with Crippen LogP contribution in [0.2, 0.25) is 0 Å². The second kappa shape index (κ2) is 7.47. The maximum atomic E-state index is 12.1. The molecule has 1 saturated heterocycles. The van der Waals surface area contributed by atoms with Gasteiger partial charge in [-0.1, -0.05) is 5.16 Å². The van der Waals surface area contributed by atoms with Gasteiger partial charge in [0, 0.05) is 46.4 Å². The average molecular weight is 346 g/mol. The Morgan fingerprint density at radius 1 is 1.48 bits per heavy atom. The predicted molar refractivity (Wildman–Crippen MR) is 91.7 cm³/mol. The van der Waals surface area contributed by atoms with E-state index in [1.54, 1.807) is 13.4 Å². The van der Waals surface area contributed by atoms with E-state index < -0.39 is 0 Å². The molecule has 2 atom stereocenters. The van der Waals surface area contributed by atoms with Crippen LogP contribution in [0.4, 0.5) is 11.6 Å². The van der Waals surface area contributed by atoms with Crippen molar-refractivity contribution in [2.24, 2.45) is 0 Å². The third-order valence-corrected chi connectivity index (χ3v) is 4.27. The first-order valence-electron chi connectivity index (χ1n) is 8.06. The first-order chi connectivity index (χ1) is 12.1. The largest absolute Gasteiger partial charge is 0.380 e. The second-order valence-corrected chi connectivity index (χ2v) is 6.12. The van der Waals surface area contributed by atoms with Gasteiger partial charge in [0.1, 0.15) is 24.2 Å². The maximum Gasteiger partial charge on any atom is 0.273 e. The van der Waals surface area contributed by atoms with Gasteiger partial charge in [-0.2, -0.15) is 0 Å². The van der Waals surface area contributed by atoms with E-state index in [1.807, 2.05) is 25.1 Å². The van der Waals surface area contributed by atoms with Crippen LogP contribution < -0.4 is 15.1 Å². The van der Waals surface area contributed by atoms with E-state index in [4.69, 9.17) is 9.26 Å². The Morgan fingerprint density at radius 3 is 3.00 bits per heavy atom. The predicted octanol–water partition coefficient (Wildman–Crippen LogP) is 0.554. The van der Waals surface area contributed by atoms with Gasteiger partial charge in [-0.05, 0) is 6.42 Å². The molecule has 2 aromatic heterocycles. The zero-order valence-electron chi connectivity index (χ0n) is 14.5. The molecule has 3 heterocycles. The van der Waals surface area contributed by atoms with Crippen molar-refractivity contribution in [3.63, 3.8) is 0 Å². The molecule has 1 amide bonds. The summed E-state index contributed by atoms with van der Waals surface area (Å²) < 4.78 is 10.2. The Kier molecular flexibility index (Phi) is 5.13. The minimum Gasteiger partial charge on any atom is -0.380 e. The molecule has 2 aromatic rings. The maximum absolute atomic E-state index is 12.1. The summed E-state index contributed by atoms with van der Waals surface area (Å²) in [6.45, 7) is 1.18. The standard InChI is InChI=1S/C16H22N6O3/c1-21(2)14-7-15(19-10-18-14)22-9-12(24-3)6-11(22)8-17-16(23)13-4-5-25-20-13/h4-5,7,10-12H,6,8-9H2,1-3H3,(H,17,23)/t11-,12-/m1/s1. The summed E-state index contributed by atoms with van der Waals surface area (Å²) in [6.07, 6.45) is 3.82. The van der Waals surface area contributed by atoms with E-state index in [1.165, 1.54) is 12.3 Å². The number of aromatic nitrogens is 3. The highest BCUT2D eigenvalue weighted by atomic mass is 16.5. The van der Waals surface area contributed by atoms with Crippen LogP contribution in [0.5, 0.6) is 0 Å². The lowest BCUT2D eigenvalue weighted by atomic mass is 10.2. The van der Waals surface area contributed by atoms with Gasteiger partial charge in [0.05, 0.1) is 12.1 Å². The number of amides is 1. The number of nitrogens with one attached hydrogen (secondary N) is 1. The van der Waals surface area contributed by atoms with Crippen molar-refractivity contribution in [1.82, 2.24) is 20.4 Å². The first kappa shape index (κ1) is 17.2. The van der Waals surface area contributed by atoms with Crippen molar-refractivity contribution in [3.8, 4) is 0 Å². The highest BCUT2D eigenvalue weighted by Crippen LogP contribution is 2.26. The molecule has 1 aliphatic rings. The summed E-state index contributed by atoms with van der Waals surface area (Å²) in [5.74, 6) is 1.39. The summed E-state index contributed by atoms with van der Waals surface area (Å²) in [7, 11) is 5.57. The molecule has 1 aliphatic heterocycles. The zero-order valence-corrected chi connectivity index (χ0v) is 14.5. The molecule has 9 heteroatoms. The number of hydrogen-bond acceptors (Lipinski definition) is 8. The topological polar surface area (TPSA) is 96.6 Å². The Hall–Kier alpha value is -2.68. The van der Waals surface area contributed by atoms with Gasteiger partial charge >= 0.3 is 0 Å². The summed E-state index contributed by atoms with van der Waals surface area (Å²) in [5.41, 5.74) is 0.268. The number of anilines is 2. The highest BCUT2D eigenvalue weighted by molar-refractivity contribution is 5.92. The summed E-state index contributed by atoms with van der Waals surface area (Å²) in [4.78, 5) is 24.8. The molecular weight excluding hydrogens is 324 g/mol. The van der Waals surface area contributed by atoms with Crippen LogP contribution in [0.25, 0.3) is 0 Å². The number of nitrogens with zero attached hydrogens (tertiary/aromatic N) is 5. The van der Waals surface area contributed by atoms with Crippen molar-refractivity contribution in [2.45, 2.75) is 18.6 Å². The fourth-order valence-corrected chi connectivity index (χ4v) is 2.89. The van der Waals surface area contributed by atoms with Crippen LogP contribution in [0.1, 0.15) is 16.9 Å². The van der Waals surface area contributed by atoms with Crippen LogP contribution >= 0.6 is 0 Å². The Bertz CT molecular complexity index is 706. The minimum atomic E-state index is -0.258. The number of ether oxygens (including phenoxy) is 1. The quantitative estimate of drug-likeness (QED) is 0.810. The van der Waals surface area contributed by atoms with Crippen molar-refractivity contribution in [2.75, 3.05) is 44.1 Å². The Balaban J connectivity index is 1.72. The fourth-order valence-electron chi connectivity index (χ4n) is 2.89. The van der Waals surface area contributed by atoms with E-state index in [-0.39, 0.29) is 23.7 Å². The molecule has 0 unspecified atom stereocenters. The van der Waals surface area contributed by atoms with Gasteiger partial charge < -0.3 is 24.4 Å². The fraction of sp³-hybridized carbons (Fsp3) is 0.500. The molecule has 3 rings (SSSR count). The minimum absolute atomic E-state index is 0.0747. The van der Waals surface area contributed by atoms with Crippen LogP contribution in [-0.2, 0) is 4.74 Å². The lowest BCUT2D eigenvalue weighted by Crippen LogP contribution is -2.40. The van der Waals surface area contributed by atoms with Crippen molar-refractivity contribution in [1.29, 1.82) is 0 Å². The number of rotatable bonds is 6. The van der Waals surface area contributed by atoms with Crippen LogP contribution in [0.15, 0.2) is 29.2 Å². The summed E-state index contributed by atoms with van der Waals surface area (Å²) >= 11 is 0. The number of carbonyl (C=O) groups is 1. The molecule has 134 valence electrons. The second-order valence-electron chi connectivity index (χ2n) is 6.12. The molecule has 0 saturated carbocycles. The normalized spacial score (nSPS) is 19.9. The Labute approximate surface area is 146 Å². The SMILES string of the molecule is CO[C@@H]1C[C@H](CNC(=O)c2ccon2)N(c2cc(N(C)C)ncn2)C1. The van der Waals surface area contributed by atoms with Crippen LogP contribution in [-0.4, -0.2) is 67.5 Å². The third-order valence-electron chi connectivity index (χ3n) is 4.27. The smallest absolute Gasteiger partial charge is 0.273 e. The van der Waals surface area contributed by atoms with E-state index in [9.17, 15) is 4.79 Å². The van der Waals surface area contributed by atoms with E-state index in [0.29, 0.717) is 13.1 Å². The molecule has 25 heavy (non-hydrogen) atoms. The molecule has 0 radical (unpaired) electrons. The van der Waals surface area contributed by atoms with Gasteiger partial charge in [0.25, 0.3) is 5.91 Å². The molecule has 9 nitrogen and oxygen atoms in total. The van der Waals surface area contributed by atoms with Crippen molar-refractivity contribution in [3.05, 3.63) is 30.4 Å². The van der Waals surface area contributed by atoms with Gasteiger partial charge in [0.2, 0.25) is 0 Å². The van der Waals surface area contributed by atoms with Gasteiger partial charge in [-0.25, -0.2) is 9.97 Å². The lowest BCUT2D eigenvalue weighted by Gasteiger charge is -2.26. The van der Waals surface area contributed by atoms with E-state index in [0.717, 1.165) is 18.1 Å². The molecule has 1 fully saturated rings. The molecule has 0 spiro atoms. The molecule has 1 N–H and O–H groups in total. The molecular formula is C16H22N6O3. The first-order valence-corrected chi connectivity index (χ1v) is 8.06. The molecule has 0 aliphatic carbocycles. The van der Waals surface area contributed by atoms with Crippen molar-refractivity contribution >= 4 is 17.5 Å². The highest BCUT2D eigenvalue weighted by Gasteiger charge is 2.33. The monoisotopic (exact) mass is 346 g/mol. The lowest BCUT2D eigenvalue weighted by molar-refractivity contribution is 0.0937.